The lowest BCUT2D eigenvalue weighted by Crippen LogP contribution is -2.45. The molecule has 0 aliphatic carbocycles. The first-order valence-electron chi connectivity index (χ1n) is 8.81. The van der Waals surface area contributed by atoms with Crippen LogP contribution in [0.1, 0.15) is 23.3 Å². The Morgan fingerprint density at radius 3 is 2.74 bits per heavy atom. The Labute approximate surface area is 155 Å². The summed E-state index contributed by atoms with van der Waals surface area (Å²) >= 11 is 0. The molecule has 1 atom stereocenters. The van der Waals surface area contributed by atoms with Crippen molar-refractivity contribution in [3.8, 4) is 5.75 Å². The van der Waals surface area contributed by atoms with Gasteiger partial charge in [0.1, 0.15) is 17.3 Å². The number of amides is 1. The summed E-state index contributed by atoms with van der Waals surface area (Å²) in [5.41, 5.74) is -0.965. The highest BCUT2D eigenvalue weighted by Gasteiger charge is 2.27. The molecule has 1 fully saturated rings. The van der Waals surface area contributed by atoms with Crippen LogP contribution < -0.4 is 16.0 Å². The van der Waals surface area contributed by atoms with E-state index >= 15 is 0 Å². The average Bonchev–Trinajstić information content (AvgIpc) is 2.67. The van der Waals surface area contributed by atoms with Crippen LogP contribution in [0.15, 0.2) is 39.9 Å². The van der Waals surface area contributed by atoms with Crippen LogP contribution in [-0.4, -0.2) is 39.6 Å². The maximum Gasteiger partial charge on any atom is 0.331 e. The molecule has 0 radical (unpaired) electrons. The molecule has 27 heavy (non-hydrogen) atoms. The van der Waals surface area contributed by atoms with Gasteiger partial charge < -0.3 is 9.64 Å². The fourth-order valence-electron chi connectivity index (χ4n) is 3.26. The molecule has 8 heteroatoms. The zero-order valence-electron chi connectivity index (χ0n) is 15.4. The van der Waals surface area contributed by atoms with E-state index in [0.29, 0.717) is 25.4 Å². The van der Waals surface area contributed by atoms with Crippen LogP contribution in [0.2, 0.25) is 0 Å². The van der Waals surface area contributed by atoms with Gasteiger partial charge in [-0.15, -0.1) is 0 Å². The van der Waals surface area contributed by atoms with E-state index in [-0.39, 0.29) is 23.3 Å². The van der Waals surface area contributed by atoms with Gasteiger partial charge in [-0.05, 0) is 25.0 Å². The molecule has 2 heterocycles. The van der Waals surface area contributed by atoms with Crippen molar-refractivity contribution < 1.29 is 13.9 Å². The monoisotopic (exact) mass is 375 g/mol. The SMILES string of the molecule is Cn1c(C(=O)N2CCCC(COc3cccc(F)c3)C2)cc(=O)n(C)c1=O. The predicted molar refractivity (Wildman–Crippen MR) is 97.4 cm³/mol. The highest BCUT2D eigenvalue weighted by molar-refractivity contribution is 5.92. The number of benzene rings is 1. The third-order valence-corrected chi connectivity index (χ3v) is 4.83. The number of carbonyl (C=O) groups excluding carboxylic acids is 1. The second kappa shape index (κ2) is 7.77. The summed E-state index contributed by atoms with van der Waals surface area (Å²) < 4.78 is 21.0. The predicted octanol–water partition coefficient (Wildman–Crippen LogP) is 1.15. The molecule has 7 nitrogen and oxygen atoms in total. The first-order chi connectivity index (χ1) is 12.9. The molecule has 0 N–H and O–H groups in total. The molecule has 0 bridgehead atoms. The molecule has 1 unspecified atom stereocenters. The van der Waals surface area contributed by atoms with Gasteiger partial charge in [-0.3, -0.25) is 18.7 Å². The largest absolute Gasteiger partial charge is 0.493 e. The Morgan fingerprint density at radius 2 is 2.00 bits per heavy atom. The van der Waals surface area contributed by atoms with E-state index in [1.54, 1.807) is 17.0 Å². The summed E-state index contributed by atoms with van der Waals surface area (Å²) in [5, 5.41) is 0. The zero-order chi connectivity index (χ0) is 19.6. The van der Waals surface area contributed by atoms with E-state index in [1.807, 2.05) is 0 Å². The number of nitrogens with zero attached hydrogens (tertiary/aromatic N) is 3. The molecule has 1 saturated heterocycles. The van der Waals surface area contributed by atoms with Gasteiger partial charge in [0.15, 0.2) is 0 Å². The van der Waals surface area contributed by atoms with Gasteiger partial charge in [0.05, 0.1) is 6.61 Å². The Morgan fingerprint density at radius 1 is 1.22 bits per heavy atom. The molecular weight excluding hydrogens is 353 g/mol. The highest BCUT2D eigenvalue weighted by Crippen LogP contribution is 2.20. The van der Waals surface area contributed by atoms with E-state index in [9.17, 15) is 18.8 Å². The van der Waals surface area contributed by atoms with Gasteiger partial charge in [0.25, 0.3) is 11.5 Å². The molecule has 1 aliphatic rings. The van der Waals surface area contributed by atoms with E-state index in [0.717, 1.165) is 17.4 Å². The summed E-state index contributed by atoms with van der Waals surface area (Å²) in [6, 6.07) is 7.13. The lowest BCUT2D eigenvalue weighted by molar-refractivity contribution is 0.0621. The highest BCUT2D eigenvalue weighted by atomic mass is 19.1. The molecule has 1 amide bonds. The van der Waals surface area contributed by atoms with Crippen molar-refractivity contribution in [3.05, 3.63) is 62.7 Å². The number of piperidine rings is 1. The van der Waals surface area contributed by atoms with Gasteiger partial charge in [-0.2, -0.15) is 0 Å². The van der Waals surface area contributed by atoms with Crippen LogP contribution >= 0.6 is 0 Å². The first-order valence-corrected chi connectivity index (χ1v) is 8.81. The zero-order valence-corrected chi connectivity index (χ0v) is 15.4. The summed E-state index contributed by atoms with van der Waals surface area (Å²) in [7, 11) is 2.85. The summed E-state index contributed by atoms with van der Waals surface area (Å²) in [6.45, 7) is 1.37. The van der Waals surface area contributed by atoms with E-state index in [1.165, 1.54) is 36.9 Å². The topological polar surface area (TPSA) is 73.5 Å². The second-order valence-corrected chi connectivity index (χ2v) is 6.80. The minimum Gasteiger partial charge on any atom is -0.493 e. The average molecular weight is 375 g/mol. The van der Waals surface area contributed by atoms with Crippen molar-refractivity contribution in [2.45, 2.75) is 12.8 Å². The molecular formula is C19H22FN3O4. The number of hydrogen-bond acceptors (Lipinski definition) is 4. The van der Waals surface area contributed by atoms with Crippen LogP contribution in [0, 0.1) is 11.7 Å². The lowest BCUT2D eigenvalue weighted by Gasteiger charge is -2.33. The van der Waals surface area contributed by atoms with Crippen molar-refractivity contribution in [3.63, 3.8) is 0 Å². The minimum absolute atomic E-state index is 0.0785. The maximum absolute atomic E-state index is 13.2. The van der Waals surface area contributed by atoms with Gasteiger partial charge in [-0.25, -0.2) is 9.18 Å². The lowest BCUT2D eigenvalue weighted by atomic mass is 9.98. The van der Waals surface area contributed by atoms with Crippen LogP contribution in [0.3, 0.4) is 0 Å². The smallest absolute Gasteiger partial charge is 0.331 e. The standard InChI is InChI=1S/C19H22FN3O4/c1-21-16(10-17(24)22(2)19(21)26)18(25)23-8-4-5-13(11-23)12-27-15-7-3-6-14(20)9-15/h3,6-7,9-10,13H,4-5,8,11-12H2,1-2H3. The fourth-order valence-corrected chi connectivity index (χ4v) is 3.26. The van der Waals surface area contributed by atoms with Gasteiger partial charge >= 0.3 is 5.69 Å². The number of halogens is 1. The number of hydrogen-bond donors (Lipinski definition) is 0. The number of aromatic nitrogens is 2. The van der Waals surface area contributed by atoms with Crippen molar-refractivity contribution >= 4 is 5.91 Å². The number of carbonyl (C=O) groups is 1. The molecule has 144 valence electrons. The Kier molecular flexibility index (Phi) is 5.43. The minimum atomic E-state index is -0.533. The molecule has 3 rings (SSSR count). The summed E-state index contributed by atoms with van der Waals surface area (Å²) in [5.74, 6) is -0.163. The van der Waals surface area contributed by atoms with Gasteiger partial charge in [0, 0.05) is 45.2 Å². The Bertz CT molecular complexity index is 966. The number of likely N-dealkylation sites (tertiary alicyclic amines) is 1. The molecule has 1 aliphatic heterocycles. The Balaban J connectivity index is 1.70. The number of ether oxygens (including phenoxy) is 1. The Hall–Kier alpha value is -2.90. The van der Waals surface area contributed by atoms with Crippen LogP contribution in [0.25, 0.3) is 0 Å². The first kappa shape index (κ1) is 18.9. The molecule has 1 aromatic heterocycles. The third kappa shape index (κ3) is 4.10. The van der Waals surface area contributed by atoms with E-state index in [4.69, 9.17) is 4.74 Å². The van der Waals surface area contributed by atoms with Gasteiger partial charge in [0.2, 0.25) is 0 Å². The van der Waals surface area contributed by atoms with Gasteiger partial charge in [-0.1, -0.05) is 6.07 Å². The van der Waals surface area contributed by atoms with E-state index in [2.05, 4.69) is 0 Å². The number of rotatable bonds is 4. The van der Waals surface area contributed by atoms with Crippen molar-refractivity contribution in [1.82, 2.24) is 14.0 Å². The van der Waals surface area contributed by atoms with Crippen LogP contribution in [-0.2, 0) is 14.1 Å². The van der Waals surface area contributed by atoms with Crippen LogP contribution in [0.4, 0.5) is 4.39 Å². The molecule has 2 aromatic rings. The van der Waals surface area contributed by atoms with Crippen LogP contribution in [0.5, 0.6) is 5.75 Å². The molecule has 0 saturated carbocycles. The summed E-state index contributed by atoms with van der Waals surface area (Å²) in [4.78, 5) is 38.4. The van der Waals surface area contributed by atoms with E-state index < -0.39 is 11.2 Å². The molecule has 1 aromatic carbocycles. The quantitative estimate of drug-likeness (QED) is 0.804. The fraction of sp³-hybridized carbons (Fsp3) is 0.421. The third-order valence-electron chi connectivity index (χ3n) is 4.83. The normalized spacial score (nSPS) is 17.0. The maximum atomic E-state index is 13.2. The molecule has 0 spiro atoms. The van der Waals surface area contributed by atoms with Crippen molar-refractivity contribution in [2.24, 2.45) is 20.0 Å². The van der Waals surface area contributed by atoms with Crippen molar-refractivity contribution in [1.29, 1.82) is 0 Å². The van der Waals surface area contributed by atoms with Crippen molar-refractivity contribution in [2.75, 3.05) is 19.7 Å². The second-order valence-electron chi connectivity index (χ2n) is 6.80. The summed E-state index contributed by atoms with van der Waals surface area (Å²) in [6.07, 6.45) is 1.68.